The number of amides is 1. The van der Waals surface area contributed by atoms with Crippen LogP contribution in [0.15, 0.2) is 35.4 Å². The molecule has 2 saturated carbocycles. The van der Waals surface area contributed by atoms with Crippen LogP contribution < -0.4 is 5.43 Å². The van der Waals surface area contributed by atoms with Gasteiger partial charge in [0, 0.05) is 11.6 Å². The van der Waals surface area contributed by atoms with E-state index in [9.17, 15) is 4.79 Å². The molecule has 1 aromatic rings. The van der Waals surface area contributed by atoms with Crippen molar-refractivity contribution in [1.82, 2.24) is 5.43 Å². The predicted molar refractivity (Wildman–Crippen MR) is 104 cm³/mol. The fourth-order valence-electron chi connectivity index (χ4n) is 3.90. The van der Waals surface area contributed by atoms with E-state index in [0.29, 0.717) is 5.92 Å². The van der Waals surface area contributed by atoms with Crippen molar-refractivity contribution in [1.29, 1.82) is 0 Å². The third kappa shape index (κ3) is 5.98. The molecule has 25 heavy (non-hydrogen) atoms. The summed E-state index contributed by atoms with van der Waals surface area (Å²) in [5.74, 6) is 0.600. The van der Waals surface area contributed by atoms with E-state index in [0.717, 1.165) is 19.3 Å². The van der Waals surface area contributed by atoms with Crippen LogP contribution in [-0.2, 0) is 4.79 Å². The van der Waals surface area contributed by atoms with Gasteiger partial charge in [-0.05, 0) is 43.6 Å². The van der Waals surface area contributed by atoms with Crippen LogP contribution in [0.2, 0.25) is 0 Å². The molecule has 0 bridgehead atoms. The molecule has 0 aliphatic heterocycles. The fourth-order valence-corrected chi connectivity index (χ4v) is 3.90. The Morgan fingerprint density at radius 3 is 2.00 bits per heavy atom. The Labute approximate surface area is 152 Å². The summed E-state index contributed by atoms with van der Waals surface area (Å²) in [7, 11) is 0. The maximum absolute atomic E-state index is 12.4. The molecule has 1 aromatic carbocycles. The molecule has 0 spiro atoms. The Morgan fingerprint density at radius 2 is 1.40 bits per heavy atom. The van der Waals surface area contributed by atoms with Gasteiger partial charge in [-0.15, -0.1) is 0 Å². The Kier molecular flexibility index (Phi) is 7.08. The molecule has 136 valence electrons. The van der Waals surface area contributed by atoms with E-state index in [2.05, 4.69) is 22.7 Å². The van der Waals surface area contributed by atoms with Crippen molar-refractivity contribution in [3.63, 3.8) is 0 Å². The molecule has 2 aliphatic rings. The molecule has 1 amide bonds. The number of hydrazone groups is 1. The van der Waals surface area contributed by atoms with Gasteiger partial charge in [-0.1, -0.05) is 75.3 Å². The smallest absolute Gasteiger partial charge is 0.243 e. The minimum Gasteiger partial charge on any atom is -0.273 e. The van der Waals surface area contributed by atoms with Gasteiger partial charge >= 0.3 is 0 Å². The molecule has 3 heteroatoms. The maximum Gasteiger partial charge on any atom is 0.243 e. The Hall–Kier alpha value is -1.64. The quantitative estimate of drug-likeness (QED) is 0.718. The van der Waals surface area contributed by atoms with Crippen molar-refractivity contribution in [2.75, 3.05) is 0 Å². The van der Waals surface area contributed by atoms with E-state index >= 15 is 0 Å². The summed E-state index contributed by atoms with van der Waals surface area (Å²) in [4.78, 5) is 12.4. The monoisotopic (exact) mass is 340 g/mol. The van der Waals surface area contributed by atoms with Gasteiger partial charge in [0.25, 0.3) is 0 Å². The van der Waals surface area contributed by atoms with Gasteiger partial charge in [0.1, 0.15) is 0 Å². The lowest BCUT2D eigenvalue weighted by molar-refractivity contribution is -0.122. The van der Waals surface area contributed by atoms with E-state index in [1.807, 2.05) is 18.2 Å². The van der Waals surface area contributed by atoms with E-state index < -0.39 is 0 Å². The number of hydrogen-bond donors (Lipinski definition) is 1. The van der Waals surface area contributed by atoms with E-state index in [1.54, 1.807) is 0 Å². The van der Waals surface area contributed by atoms with Gasteiger partial charge in [-0.3, -0.25) is 4.79 Å². The normalized spacial score (nSPS) is 25.4. The molecule has 0 radical (unpaired) electrons. The Morgan fingerprint density at radius 1 is 0.840 bits per heavy atom. The second-order valence-corrected chi connectivity index (χ2v) is 7.70. The first kappa shape index (κ1) is 18.2. The average molecular weight is 341 g/mol. The number of nitrogens with zero attached hydrogens (tertiary/aromatic N) is 1. The van der Waals surface area contributed by atoms with Crippen molar-refractivity contribution in [2.45, 2.75) is 83.0 Å². The van der Waals surface area contributed by atoms with Crippen LogP contribution in [-0.4, -0.2) is 11.6 Å². The highest BCUT2D eigenvalue weighted by Crippen LogP contribution is 2.47. The fraction of sp³-hybridized carbons (Fsp3) is 0.636. The summed E-state index contributed by atoms with van der Waals surface area (Å²) < 4.78 is 0. The molecule has 3 rings (SSSR count). The van der Waals surface area contributed by atoms with Gasteiger partial charge in [-0.25, -0.2) is 5.43 Å². The summed E-state index contributed by atoms with van der Waals surface area (Å²) in [6, 6.07) is 10.4. The second-order valence-electron chi connectivity index (χ2n) is 7.70. The lowest BCUT2D eigenvalue weighted by Crippen LogP contribution is -2.22. The molecular weight excluding hydrogens is 308 g/mol. The third-order valence-corrected chi connectivity index (χ3v) is 5.61. The molecule has 3 nitrogen and oxygen atoms in total. The zero-order valence-electron chi connectivity index (χ0n) is 15.4. The molecule has 2 fully saturated rings. The molecule has 0 aromatic heterocycles. The Balaban J connectivity index is 1.48. The molecular formula is C22H32N2O. The number of nitrogens with one attached hydrogen (secondary N) is 1. The highest BCUT2D eigenvalue weighted by atomic mass is 16.2. The number of carbonyl (C=O) groups is 1. The van der Waals surface area contributed by atoms with Crippen molar-refractivity contribution in [3.8, 4) is 0 Å². The van der Waals surface area contributed by atoms with Crippen LogP contribution in [0.1, 0.15) is 88.5 Å². The highest BCUT2D eigenvalue weighted by Gasteiger charge is 2.43. The van der Waals surface area contributed by atoms with Crippen molar-refractivity contribution in [3.05, 3.63) is 35.9 Å². The van der Waals surface area contributed by atoms with Crippen molar-refractivity contribution >= 4 is 11.6 Å². The molecule has 0 saturated heterocycles. The third-order valence-electron chi connectivity index (χ3n) is 5.61. The summed E-state index contributed by atoms with van der Waals surface area (Å²) in [6.07, 6.45) is 14.9. The zero-order chi connectivity index (χ0) is 17.3. The van der Waals surface area contributed by atoms with Gasteiger partial charge in [0.2, 0.25) is 5.91 Å². The number of rotatable bonds is 3. The van der Waals surface area contributed by atoms with E-state index in [4.69, 9.17) is 0 Å². The number of carbonyl (C=O) groups excluding carboxylic acids is 1. The second kappa shape index (κ2) is 9.74. The summed E-state index contributed by atoms with van der Waals surface area (Å²) >= 11 is 0. The lowest BCUT2D eigenvalue weighted by Gasteiger charge is -2.10. The number of benzene rings is 1. The number of hydrogen-bond acceptors (Lipinski definition) is 2. The van der Waals surface area contributed by atoms with Crippen LogP contribution in [0.4, 0.5) is 0 Å². The van der Waals surface area contributed by atoms with E-state index in [1.165, 1.54) is 69.1 Å². The minimum absolute atomic E-state index is 0.104. The first-order valence-electron chi connectivity index (χ1n) is 10.2. The topological polar surface area (TPSA) is 41.5 Å². The van der Waals surface area contributed by atoms with Crippen LogP contribution in [0.3, 0.4) is 0 Å². The molecule has 2 aliphatic carbocycles. The molecule has 1 N–H and O–H groups in total. The first-order chi connectivity index (χ1) is 12.3. The van der Waals surface area contributed by atoms with Crippen LogP contribution >= 0.6 is 0 Å². The standard InChI is InChI=1S/C22H32N2O/c25-22(21-17-20(21)18-13-9-8-10-14-18)24-23-19-15-11-6-4-2-1-3-5-7-12-16-19/h8-10,13-14,20-21H,1-7,11-12,15-17H2,(H,24,25). The van der Waals surface area contributed by atoms with Gasteiger partial charge in [-0.2, -0.15) is 5.10 Å². The molecule has 2 unspecified atom stereocenters. The summed E-state index contributed by atoms with van der Waals surface area (Å²) in [5.41, 5.74) is 5.35. The average Bonchev–Trinajstić information content (AvgIpc) is 3.43. The Bertz CT molecular complexity index is 553. The maximum atomic E-state index is 12.4. The van der Waals surface area contributed by atoms with Gasteiger partial charge in [0.15, 0.2) is 0 Å². The largest absolute Gasteiger partial charge is 0.273 e. The van der Waals surface area contributed by atoms with Gasteiger partial charge < -0.3 is 0 Å². The zero-order valence-corrected chi connectivity index (χ0v) is 15.4. The van der Waals surface area contributed by atoms with Crippen LogP contribution in [0.25, 0.3) is 0 Å². The highest BCUT2D eigenvalue weighted by molar-refractivity contribution is 5.88. The van der Waals surface area contributed by atoms with Gasteiger partial charge in [0.05, 0.1) is 0 Å². The van der Waals surface area contributed by atoms with Crippen LogP contribution in [0, 0.1) is 5.92 Å². The van der Waals surface area contributed by atoms with Crippen molar-refractivity contribution in [2.24, 2.45) is 11.0 Å². The lowest BCUT2D eigenvalue weighted by atomic mass is 10.00. The summed E-state index contributed by atoms with van der Waals surface area (Å²) in [5, 5.41) is 4.52. The van der Waals surface area contributed by atoms with Crippen LogP contribution in [0.5, 0.6) is 0 Å². The predicted octanol–water partition coefficient (Wildman–Crippen LogP) is 5.57. The van der Waals surface area contributed by atoms with E-state index in [-0.39, 0.29) is 11.8 Å². The SMILES string of the molecule is O=C(NN=C1CCCCCCCCCCC1)C1CC1c1ccccc1. The molecule has 2 atom stereocenters. The minimum atomic E-state index is 0.104. The first-order valence-corrected chi connectivity index (χ1v) is 10.2. The summed E-state index contributed by atoms with van der Waals surface area (Å²) in [6.45, 7) is 0. The molecule has 0 heterocycles. The van der Waals surface area contributed by atoms with Crippen molar-refractivity contribution < 1.29 is 4.79 Å².